The third-order valence-corrected chi connectivity index (χ3v) is 5.08. The molecule has 0 saturated carbocycles. The van der Waals surface area contributed by atoms with Crippen LogP contribution in [0.1, 0.15) is 17.5 Å². The molecule has 0 bridgehead atoms. The number of nitrogens with zero attached hydrogens (tertiary/aromatic N) is 2. The fourth-order valence-corrected chi connectivity index (χ4v) is 3.90. The maximum atomic E-state index is 12.1. The largest absolute Gasteiger partial charge is 0.454 e. The van der Waals surface area contributed by atoms with Crippen LogP contribution in [-0.2, 0) is 11.3 Å². The third-order valence-electron chi connectivity index (χ3n) is 3.06. The molecule has 0 spiro atoms. The van der Waals surface area contributed by atoms with E-state index < -0.39 is 0 Å². The normalized spacial score (nSPS) is 13.9. The molecule has 1 aromatic carbocycles. The molecule has 2 heterocycles. The molecule has 0 aliphatic carbocycles. The van der Waals surface area contributed by atoms with Crippen LogP contribution in [0.2, 0.25) is 0 Å². The van der Waals surface area contributed by atoms with Crippen molar-refractivity contribution in [3.05, 3.63) is 28.8 Å². The van der Waals surface area contributed by atoms with Crippen LogP contribution in [0.3, 0.4) is 0 Å². The van der Waals surface area contributed by atoms with E-state index in [1.165, 1.54) is 23.1 Å². The topological polar surface area (TPSA) is 73.3 Å². The molecule has 1 aromatic heterocycles. The zero-order valence-corrected chi connectivity index (χ0v) is 13.8. The zero-order chi connectivity index (χ0) is 15.5. The minimum Gasteiger partial charge on any atom is -0.454 e. The van der Waals surface area contributed by atoms with Crippen molar-refractivity contribution in [2.75, 3.05) is 6.79 Å². The van der Waals surface area contributed by atoms with E-state index in [2.05, 4.69) is 15.5 Å². The molecule has 1 amide bonds. The van der Waals surface area contributed by atoms with Crippen LogP contribution in [0.25, 0.3) is 0 Å². The highest BCUT2D eigenvalue weighted by molar-refractivity contribution is 8.02. The summed E-state index contributed by atoms with van der Waals surface area (Å²) in [5.74, 6) is 1.43. The van der Waals surface area contributed by atoms with E-state index in [1.807, 2.05) is 32.0 Å². The van der Waals surface area contributed by atoms with Gasteiger partial charge in [0.1, 0.15) is 5.01 Å². The lowest BCUT2D eigenvalue weighted by molar-refractivity contribution is -0.120. The van der Waals surface area contributed by atoms with Gasteiger partial charge in [-0.05, 0) is 31.5 Å². The summed E-state index contributed by atoms with van der Waals surface area (Å²) in [7, 11) is 0. The van der Waals surface area contributed by atoms with Gasteiger partial charge in [0.05, 0.1) is 5.25 Å². The van der Waals surface area contributed by atoms with Gasteiger partial charge >= 0.3 is 0 Å². The van der Waals surface area contributed by atoms with Crippen molar-refractivity contribution in [1.82, 2.24) is 15.5 Å². The van der Waals surface area contributed by atoms with Crippen LogP contribution in [-0.4, -0.2) is 28.1 Å². The van der Waals surface area contributed by atoms with Crippen LogP contribution in [0.4, 0.5) is 0 Å². The Bertz CT molecular complexity index is 690. The highest BCUT2D eigenvalue weighted by Gasteiger charge is 2.17. The lowest BCUT2D eigenvalue weighted by Crippen LogP contribution is -2.30. The molecule has 8 heteroatoms. The molecule has 2 aromatic rings. The minimum absolute atomic E-state index is 0.0319. The summed E-state index contributed by atoms with van der Waals surface area (Å²) in [6, 6.07) is 5.65. The first kappa shape index (κ1) is 15.1. The summed E-state index contributed by atoms with van der Waals surface area (Å²) in [4.78, 5) is 12.1. The molecule has 0 saturated heterocycles. The summed E-state index contributed by atoms with van der Waals surface area (Å²) < 4.78 is 11.4. The molecule has 1 aliphatic rings. The van der Waals surface area contributed by atoms with Crippen molar-refractivity contribution < 1.29 is 14.3 Å². The maximum Gasteiger partial charge on any atom is 0.233 e. The Hall–Kier alpha value is -1.80. The van der Waals surface area contributed by atoms with Gasteiger partial charge in [-0.25, -0.2) is 0 Å². The van der Waals surface area contributed by atoms with Crippen molar-refractivity contribution in [2.45, 2.75) is 30.0 Å². The summed E-state index contributed by atoms with van der Waals surface area (Å²) >= 11 is 2.91. The van der Waals surface area contributed by atoms with Crippen molar-refractivity contribution in [1.29, 1.82) is 0 Å². The van der Waals surface area contributed by atoms with E-state index in [1.54, 1.807) is 0 Å². The molecule has 6 nitrogen and oxygen atoms in total. The summed E-state index contributed by atoms with van der Waals surface area (Å²) in [5.41, 5.74) is 0.974. The second-order valence-electron chi connectivity index (χ2n) is 4.75. The van der Waals surface area contributed by atoms with Gasteiger partial charge in [0, 0.05) is 6.54 Å². The van der Waals surface area contributed by atoms with Gasteiger partial charge in [0.2, 0.25) is 12.7 Å². The minimum atomic E-state index is -0.221. The Labute approximate surface area is 136 Å². The first-order valence-electron chi connectivity index (χ1n) is 6.75. The van der Waals surface area contributed by atoms with Crippen LogP contribution in [0.5, 0.6) is 11.5 Å². The van der Waals surface area contributed by atoms with Crippen molar-refractivity contribution in [3.8, 4) is 11.5 Å². The van der Waals surface area contributed by atoms with Gasteiger partial charge in [0.25, 0.3) is 0 Å². The Balaban J connectivity index is 1.53. The number of rotatable bonds is 5. The fourth-order valence-electron chi connectivity index (χ4n) is 1.91. The number of carbonyl (C=O) groups excluding carboxylic acids is 1. The Morgan fingerprint density at radius 3 is 3.00 bits per heavy atom. The van der Waals surface area contributed by atoms with E-state index in [4.69, 9.17) is 9.47 Å². The maximum absolute atomic E-state index is 12.1. The first-order chi connectivity index (χ1) is 10.6. The lowest BCUT2D eigenvalue weighted by Gasteiger charge is -2.10. The molecule has 0 radical (unpaired) electrons. The number of amides is 1. The van der Waals surface area contributed by atoms with E-state index in [-0.39, 0.29) is 18.0 Å². The average molecular weight is 337 g/mol. The summed E-state index contributed by atoms with van der Waals surface area (Å²) in [6.45, 7) is 4.46. The molecule has 1 atom stereocenters. The second kappa shape index (κ2) is 6.53. The summed E-state index contributed by atoms with van der Waals surface area (Å²) in [6.07, 6.45) is 0. The molecule has 22 heavy (non-hydrogen) atoms. The van der Waals surface area contributed by atoms with E-state index in [0.29, 0.717) is 6.54 Å². The third kappa shape index (κ3) is 3.50. The Morgan fingerprint density at radius 1 is 1.41 bits per heavy atom. The average Bonchev–Trinajstić information content (AvgIpc) is 3.12. The Morgan fingerprint density at radius 2 is 2.23 bits per heavy atom. The van der Waals surface area contributed by atoms with Crippen LogP contribution in [0.15, 0.2) is 22.5 Å². The number of thioether (sulfide) groups is 1. The first-order valence-corrected chi connectivity index (χ1v) is 8.44. The standard InChI is InChI=1S/C14H15N3O3S2/c1-8(21-14-17-16-9(2)22-14)13(18)15-6-10-3-4-11-12(5-10)20-7-19-11/h3-5,8H,6-7H2,1-2H3,(H,15,18)/t8-/m1/s1. The van der Waals surface area contributed by atoms with Gasteiger partial charge in [0.15, 0.2) is 15.8 Å². The molecule has 116 valence electrons. The van der Waals surface area contributed by atoms with Crippen LogP contribution >= 0.6 is 23.1 Å². The van der Waals surface area contributed by atoms with Gasteiger partial charge in [-0.3, -0.25) is 4.79 Å². The number of carbonyl (C=O) groups is 1. The number of nitrogens with one attached hydrogen (secondary N) is 1. The molecular formula is C14H15N3O3S2. The van der Waals surface area contributed by atoms with Crippen LogP contribution < -0.4 is 14.8 Å². The van der Waals surface area contributed by atoms with Gasteiger partial charge in [-0.15, -0.1) is 10.2 Å². The van der Waals surface area contributed by atoms with E-state index in [9.17, 15) is 4.79 Å². The monoisotopic (exact) mass is 337 g/mol. The predicted octanol–water partition coefficient (Wildman–Crippen LogP) is 2.37. The molecule has 1 N–H and O–H groups in total. The smallest absolute Gasteiger partial charge is 0.233 e. The fraction of sp³-hybridized carbons (Fsp3) is 0.357. The van der Waals surface area contributed by atoms with Crippen molar-refractivity contribution in [3.63, 3.8) is 0 Å². The summed E-state index contributed by atoms with van der Waals surface area (Å²) in [5, 5.41) is 11.6. The van der Waals surface area contributed by atoms with Gasteiger partial charge < -0.3 is 14.8 Å². The van der Waals surface area contributed by atoms with Crippen molar-refractivity contribution in [2.24, 2.45) is 0 Å². The quantitative estimate of drug-likeness (QED) is 0.845. The second-order valence-corrected chi connectivity index (χ2v) is 7.52. The number of aryl methyl sites for hydroxylation is 1. The molecule has 0 fully saturated rings. The zero-order valence-electron chi connectivity index (χ0n) is 12.2. The number of aromatic nitrogens is 2. The predicted molar refractivity (Wildman–Crippen MR) is 84.4 cm³/mol. The van der Waals surface area contributed by atoms with E-state index in [0.717, 1.165) is 26.4 Å². The molecular weight excluding hydrogens is 322 g/mol. The van der Waals surface area contributed by atoms with Gasteiger partial charge in [-0.1, -0.05) is 29.2 Å². The Kier molecular flexibility index (Phi) is 4.49. The number of benzene rings is 1. The number of fused-ring (bicyclic) bond motifs is 1. The number of ether oxygens (including phenoxy) is 2. The van der Waals surface area contributed by atoms with Gasteiger partial charge in [-0.2, -0.15) is 0 Å². The lowest BCUT2D eigenvalue weighted by atomic mass is 10.2. The van der Waals surface area contributed by atoms with Crippen molar-refractivity contribution >= 4 is 29.0 Å². The number of hydrogen-bond donors (Lipinski definition) is 1. The molecule has 3 rings (SSSR count). The molecule has 1 aliphatic heterocycles. The number of hydrogen-bond acceptors (Lipinski definition) is 7. The van der Waals surface area contributed by atoms with Crippen LogP contribution in [0, 0.1) is 6.92 Å². The SMILES string of the molecule is Cc1nnc(S[C@H](C)C(=O)NCc2ccc3c(c2)OCO3)s1. The highest BCUT2D eigenvalue weighted by Crippen LogP contribution is 2.32. The van der Waals surface area contributed by atoms with E-state index >= 15 is 0 Å². The highest BCUT2D eigenvalue weighted by atomic mass is 32.2. The molecule has 0 unspecified atom stereocenters.